The molecule has 0 saturated carbocycles. The predicted molar refractivity (Wildman–Crippen MR) is 62.2 cm³/mol. The van der Waals surface area contributed by atoms with Crippen molar-refractivity contribution in [3.05, 3.63) is 17.7 Å². The van der Waals surface area contributed by atoms with Crippen LogP contribution < -0.4 is 0 Å². The van der Waals surface area contributed by atoms with Crippen LogP contribution in [0.15, 0.2) is 6.20 Å². The zero-order valence-corrected chi connectivity index (χ0v) is 10.5. The van der Waals surface area contributed by atoms with E-state index in [4.69, 9.17) is 5.26 Å². The number of hydrogen-bond donors (Lipinski definition) is 1. The Balaban J connectivity index is 1.99. The van der Waals surface area contributed by atoms with Crippen LogP contribution in [0.4, 0.5) is 13.2 Å². The van der Waals surface area contributed by atoms with Crippen LogP contribution in [-0.4, -0.2) is 34.0 Å². The van der Waals surface area contributed by atoms with Crippen molar-refractivity contribution < 1.29 is 13.2 Å². The Kier molecular flexibility index (Phi) is 3.80. The number of nitrogens with one attached hydrogen (secondary N) is 1. The van der Waals surface area contributed by atoms with Gasteiger partial charge in [-0.1, -0.05) is 0 Å². The number of nitriles is 1. The van der Waals surface area contributed by atoms with Gasteiger partial charge < -0.3 is 4.98 Å². The molecule has 19 heavy (non-hydrogen) atoms. The average Bonchev–Trinajstić information content (AvgIpc) is 2.87. The summed E-state index contributed by atoms with van der Waals surface area (Å²) in [7, 11) is 0. The Morgan fingerprint density at radius 3 is 2.58 bits per heavy atom. The molecule has 1 fully saturated rings. The number of H-pyrrole nitrogens is 1. The maximum absolute atomic E-state index is 12.5. The van der Waals surface area contributed by atoms with Crippen molar-refractivity contribution in [1.82, 2.24) is 14.9 Å². The molecule has 1 aliphatic heterocycles. The molecular formula is C12H15F3N4. The van der Waals surface area contributed by atoms with Gasteiger partial charge in [0.05, 0.1) is 18.3 Å². The van der Waals surface area contributed by atoms with Gasteiger partial charge in [-0.25, -0.2) is 4.98 Å². The Morgan fingerprint density at radius 1 is 1.47 bits per heavy atom. The van der Waals surface area contributed by atoms with Gasteiger partial charge in [0, 0.05) is 19.0 Å². The molecule has 0 amide bonds. The van der Waals surface area contributed by atoms with Crippen molar-refractivity contribution in [2.24, 2.45) is 0 Å². The second-order valence-corrected chi connectivity index (χ2v) is 4.80. The van der Waals surface area contributed by atoms with E-state index in [0.29, 0.717) is 18.9 Å². The van der Waals surface area contributed by atoms with Gasteiger partial charge >= 0.3 is 6.18 Å². The molecule has 1 saturated heterocycles. The van der Waals surface area contributed by atoms with Gasteiger partial charge in [0.1, 0.15) is 11.5 Å². The number of rotatable bonds is 2. The fourth-order valence-electron chi connectivity index (χ4n) is 2.33. The molecule has 1 aromatic heterocycles. The van der Waals surface area contributed by atoms with Crippen molar-refractivity contribution >= 4 is 0 Å². The zero-order chi connectivity index (χ0) is 14.0. The minimum Gasteiger partial charge on any atom is -0.338 e. The third-order valence-electron chi connectivity index (χ3n) is 3.55. The minimum atomic E-state index is -4.37. The lowest BCUT2D eigenvalue weighted by Crippen LogP contribution is -2.38. The number of alkyl halides is 3. The average molecular weight is 272 g/mol. The molecule has 0 spiro atoms. The number of imidazole rings is 1. The number of aromatic nitrogens is 2. The van der Waals surface area contributed by atoms with E-state index in [1.54, 1.807) is 0 Å². The van der Waals surface area contributed by atoms with Gasteiger partial charge in [-0.05, 0) is 19.8 Å². The number of nitrogens with zero attached hydrogens (tertiary/aromatic N) is 3. The zero-order valence-electron chi connectivity index (χ0n) is 10.5. The standard InChI is InChI=1S/C12H15F3N4/c1-8(6-16)19-4-2-9(3-5-19)11-17-7-10(18-11)12(13,14)15/h7-9H,2-5H2,1H3,(H,17,18)/t8-/m1/s1. The number of halogens is 3. The predicted octanol–water partition coefficient (Wildman–Crippen LogP) is 2.52. The molecule has 7 heteroatoms. The van der Waals surface area contributed by atoms with Gasteiger partial charge in [-0.15, -0.1) is 0 Å². The fraction of sp³-hybridized carbons (Fsp3) is 0.667. The smallest absolute Gasteiger partial charge is 0.338 e. The highest BCUT2D eigenvalue weighted by Gasteiger charge is 2.34. The molecule has 2 rings (SSSR count). The lowest BCUT2D eigenvalue weighted by Gasteiger charge is -2.32. The van der Waals surface area contributed by atoms with Crippen molar-refractivity contribution in [1.29, 1.82) is 5.26 Å². The van der Waals surface area contributed by atoms with Gasteiger partial charge in [0.15, 0.2) is 0 Å². The molecule has 4 nitrogen and oxygen atoms in total. The lowest BCUT2D eigenvalue weighted by atomic mass is 9.95. The molecule has 0 aromatic carbocycles. The third kappa shape index (κ3) is 3.07. The molecule has 104 valence electrons. The van der Waals surface area contributed by atoms with Gasteiger partial charge in [-0.3, -0.25) is 4.90 Å². The van der Waals surface area contributed by atoms with Crippen molar-refractivity contribution in [2.75, 3.05) is 13.1 Å². The molecular weight excluding hydrogens is 257 g/mol. The Hall–Kier alpha value is -1.55. The molecule has 0 unspecified atom stereocenters. The second kappa shape index (κ2) is 5.21. The van der Waals surface area contributed by atoms with Crippen LogP contribution in [0, 0.1) is 11.3 Å². The third-order valence-corrected chi connectivity index (χ3v) is 3.55. The molecule has 0 radical (unpaired) electrons. The van der Waals surface area contributed by atoms with Crippen LogP contribution in [-0.2, 0) is 6.18 Å². The summed E-state index contributed by atoms with van der Waals surface area (Å²) < 4.78 is 37.4. The second-order valence-electron chi connectivity index (χ2n) is 4.80. The summed E-state index contributed by atoms with van der Waals surface area (Å²) >= 11 is 0. The summed E-state index contributed by atoms with van der Waals surface area (Å²) in [5.74, 6) is 0.412. The first-order chi connectivity index (χ1) is 8.91. The fourth-order valence-corrected chi connectivity index (χ4v) is 2.33. The Labute approximate surface area is 109 Å². The van der Waals surface area contributed by atoms with Crippen LogP contribution >= 0.6 is 0 Å². The van der Waals surface area contributed by atoms with E-state index in [-0.39, 0.29) is 12.0 Å². The monoisotopic (exact) mass is 272 g/mol. The minimum absolute atomic E-state index is 0.0123. The topological polar surface area (TPSA) is 55.7 Å². The lowest BCUT2D eigenvalue weighted by molar-refractivity contribution is -0.141. The SMILES string of the molecule is C[C@H](C#N)N1CCC(c2ncc(C(F)(F)F)[nH]2)CC1. The molecule has 0 aliphatic carbocycles. The molecule has 1 N–H and O–H groups in total. The van der Waals surface area contributed by atoms with Crippen LogP contribution in [0.3, 0.4) is 0 Å². The van der Waals surface area contributed by atoms with Crippen LogP contribution in [0.1, 0.15) is 37.2 Å². The largest absolute Gasteiger partial charge is 0.432 e. The molecule has 1 aliphatic rings. The van der Waals surface area contributed by atoms with E-state index < -0.39 is 11.9 Å². The van der Waals surface area contributed by atoms with Gasteiger partial charge in [-0.2, -0.15) is 18.4 Å². The maximum atomic E-state index is 12.5. The Bertz CT molecular complexity index is 466. The number of piperidine rings is 1. The van der Waals surface area contributed by atoms with Crippen molar-refractivity contribution in [3.63, 3.8) is 0 Å². The van der Waals surface area contributed by atoms with Crippen LogP contribution in [0.25, 0.3) is 0 Å². The van der Waals surface area contributed by atoms with E-state index in [9.17, 15) is 13.2 Å². The first kappa shape index (κ1) is 13.9. The van der Waals surface area contributed by atoms with Crippen molar-refractivity contribution in [3.8, 4) is 6.07 Å². The summed E-state index contributed by atoms with van der Waals surface area (Å²) in [4.78, 5) is 8.23. The molecule has 1 atom stereocenters. The summed E-state index contributed by atoms with van der Waals surface area (Å²) in [5.41, 5.74) is -0.796. The normalized spacial score (nSPS) is 20.2. The quantitative estimate of drug-likeness (QED) is 0.900. The number of aromatic amines is 1. The number of hydrogen-bond acceptors (Lipinski definition) is 3. The summed E-state index contributed by atoms with van der Waals surface area (Å²) in [6, 6.07) is 2.02. The summed E-state index contributed by atoms with van der Waals surface area (Å²) in [6.45, 7) is 3.25. The van der Waals surface area contributed by atoms with E-state index in [0.717, 1.165) is 19.0 Å². The summed E-state index contributed by atoms with van der Waals surface area (Å²) in [6.07, 6.45) is -2.09. The van der Waals surface area contributed by atoms with Crippen LogP contribution in [0.2, 0.25) is 0 Å². The van der Waals surface area contributed by atoms with E-state index in [1.165, 1.54) is 0 Å². The molecule has 1 aromatic rings. The van der Waals surface area contributed by atoms with Crippen LogP contribution in [0.5, 0.6) is 0 Å². The Morgan fingerprint density at radius 2 is 2.11 bits per heavy atom. The highest BCUT2D eigenvalue weighted by Crippen LogP contribution is 2.31. The maximum Gasteiger partial charge on any atom is 0.432 e. The highest BCUT2D eigenvalue weighted by molar-refractivity contribution is 5.09. The first-order valence-electron chi connectivity index (χ1n) is 6.17. The first-order valence-corrected chi connectivity index (χ1v) is 6.17. The van der Waals surface area contributed by atoms with E-state index in [1.807, 2.05) is 11.8 Å². The summed E-state index contributed by atoms with van der Waals surface area (Å²) in [5, 5.41) is 8.83. The van der Waals surface area contributed by atoms with Crippen molar-refractivity contribution in [2.45, 2.75) is 37.9 Å². The molecule has 0 bridgehead atoms. The van der Waals surface area contributed by atoms with E-state index in [2.05, 4.69) is 16.0 Å². The highest BCUT2D eigenvalue weighted by atomic mass is 19.4. The van der Waals surface area contributed by atoms with Gasteiger partial charge in [0.25, 0.3) is 0 Å². The molecule has 2 heterocycles. The van der Waals surface area contributed by atoms with Gasteiger partial charge in [0.2, 0.25) is 0 Å². The van der Waals surface area contributed by atoms with E-state index >= 15 is 0 Å². The number of likely N-dealkylation sites (tertiary alicyclic amines) is 1.